The van der Waals surface area contributed by atoms with Gasteiger partial charge in [0.2, 0.25) is 5.56 Å². The highest BCUT2D eigenvalue weighted by molar-refractivity contribution is 6.05. The number of aromatic amines is 1. The second-order valence-electron chi connectivity index (χ2n) is 3.07. The maximum absolute atomic E-state index is 11.4. The third-order valence-corrected chi connectivity index (χ3v) is 2.13. The standard InChI is InChI=1S/C10H9N3O2/c11-13-10(15)7-5-9(14)12-8-4-2-1-3-6(7)8/h1-5H,11H2,(H,12,14)(H,13,15). The smallest absolute Gasteiger partial charge is 0.266 e. The Morgan fingerprint density at radius 2 is 2.07 bits per heavy atom. The second-order valence-corrected chi connectivity index (χ2v) is 3.07. The van der Waals surface area contributed by atoms with Gasteiger partial charge in [0.05, 0.1) is 5.56 Å². The number of aromatic nitrogens is 1. The number of hydrazine groups is 1. The Labute approximate surface area is 84.9 Å². The van der Waals surface area contributed by atoms with E-state index in [0.29, 0.717) is 10.9 Å². The molecule has 0 fully saturated rings. The van der Waals surface area contributed by atoms with Gasteiger partial charge < -0.3 is 4.98 Å². The van der Waals surface area contributed by atoms with E-state index >= 15 is 0 Å². The van der Waals surface area contributed by atoms with E-state index in [9.17, 15) is 9.59 Å². The first-order valence-electron chi connectivity index (χ1n) is 4.35. The molecular formula is C10H9N3O2. The zero-order chi connectivity index (χ0) is 10.8. The zero-order valence-corrected chi connectivity index (χ0v) is 7.78. The molecule has 0 atom stereocenters. The van der Waals surface area contributed by atoms with Crippen molar-refractivity contribution < 1.29 is 4.79 Å². The van der Waals surface area contributed by atoms with Crippen LogP contribution in [0.5, 0.6) is 0 Å². The molecule has 0 bridgehead atoms. The number of nitrogens with two attached hydrogens (primary N) is 1. The van der Waals surface area contributed by atoms with E-state index in [1.807, 2.05) is 5.43 Å². The van der Waals surface area contributed by atoms with Gasteiger partial charge in [0.25, 0.3) is 5.91 Å². The Bertz CT molecular complexity index is 574. The molecule has 1 heterocycles. The Morgan fingerprint density at radius 1 is 1.33 bits per heavy atom. The topological polar surface area (TPSA) is 88.0 Å². The molecule has 15 heavy (non-hydrogen) atoms. The zero-order valence-electron chi connectivity index (χ0n) is 7.78. The van der Waals surface area contributed by atoms with Crippen LogP contribution in [0, 0.1) is 0 Å². The number of nitrogen functional groups attached to an aromatic ring is 1. The fraction of sp³-hybridized carbons (Fsp3) is 0. The number of amides is 1. The average Bonchev–Trinajstić information content (AvgIpc) is 2.26. The molecule has 5 heteroatoms. The summed E-state index contributed by atoms with van der Waals surface area (Å²) in [6.07, 6.45) is 0. The summed E-state index contributed by atoms with van der Waals surface area (Å²) >= 11 is 0. The fourth-order valence-corrected chi connectivity index (χ4v) is 1.47. The Kier molecular flexibility index (Phi) is 2.23. The number of hydrogen-bond acceptors (Lipinski definition) is 3. The number of hydrogen-bond donors (Lipinski definition) is 3. The lowest BCUT2D eigenvalue weighted by molar-refractivity contribution is 0.0955. The fourth-order valence-electron chi connectivity index (χ4n) is 1.47. The van der Waals surface area contributed by atoms with Crippen molar-refractivity contribution in [2.45, 2.75) is 0 Å². The van der Waals surface area contributed by atoms with Gasteiger partial charge in [-0.05, 0) is 6.07 Å². The normalized spacial score (nSPS) is 10.2. The molecule has 0 aliphatic heterocycles. The molecule has 76 valence electrons. The number of H-pyrrole nitrogens is 1. The van der Waals surface area contributed by atoms with E-state index in [-0.39, 0.29) is 11.1 Å². The number of rotatable bonds is 1. The number of carbonyl (C=O) groups excluding carboxylic acids is 1. The molecule has 1 aromatic heterocycles. The maximum atomic E-state index is 11.4. The highest BCUT2D eigenvalue weighted by Gasteiger charge is 2.09. The molecule has 1 amide bonds. The van der Waals surface area contributed by atoms with Gasteiger partial charge in [-0.15, -0.1) is 0 Å². The largest absolute Gasteiger partial charge is 0.322 e. The third-order valence-electron chi connectivity index (χ3n) is 2.13. The molecule has 2 aromatic rings. The molecule has 0 saturated heterocycles. The van der Waals surface area contributed by atoms with E-state index in [4.69, 9.17) is 5.84 Å². The highest BCUT2D eigenvalue weighted by atomic mass is 16.2. The monoisotopic (exact) mass is 203 g/mol. The highest BCUT2D eigenvalue weighted by Crippen LogP contribution is 2.13. The van der Waals surface area contributed by atoms with Crippen LogP contribution in [0.25, 0.3) is 10.9 Å². The maximum Gasteiger partial charge on any atom is 0.266 e. The summed E-state index contributed by atoms with van der Waals surface area (Å²) < 4.78 is 0. The van der Waals surface area contributed by atoms with Crippen molar-refractivity contribution in [2.75, 3.05) is 0 Å². The van der Waals surface area contributed by atoms with Crippen LogP contribution < -0.4 is 16.8 Å². The number of fused-ring (bicyclic) bond motifs is 1. The lowest BCUT2D eigenvalue weighted by Crippen LogP contribution is -2.31. The van der Waals surface area contributed by atoms with Crippen molar-refractivity contribution in [1.82, 2.24) is 10.4 Å². The van der Waals surface area contributed by atoms with Gasteiger partial charge in [-0.3, -0.25) is 15.0 Å². The average molecular weight is 203 g/mol. The third kappa shape index (κ3) is 1.60. The summed E-state index contributed by atoms with van der Waals surface area (Å²) in [5, 5.41) is 0.667. The molecule has 2 rings (SSSR count). The predicted molar refractivity (Wildman–Crippen MR) is 56.2 cm³/mol. The van der Waals surface area contributed by atoms with Crippen LogP contribution >= 0.6 is 0 Å². The van der Waals surface area contributed by atoms with E-state index in [0.717, 1.165) is 0 Å². The van der Waals surface area contributed by atoms with Gasteiger partial charge in [-0.1, -0.05) is 18.2 Å². The second kappa shape index (κ2) is 3.55. The first kappa shape index (κ1) is 9.42. The molecule has 0 radical (unpaired) electrons. The molecule has 1 aromatic carbocycles. The van der Waals surface area contributed by atoms with Gasteiger partial charge >= 0.3 is 0 Å². The summed E-state index contributed by atoms with van der Waals surface area (Å²) in [6, 6.07) is 8.26. The van der Waals surface area contributed by atoms with Crippen molar-refractivity contribution in [3.05, 3.63) is 46.2 Å². The van der Waals surface area contributed by atoms with Crippen molar-refractivity contribution in [1.29, 1.82) is 0 Å². The first-order chi connectivity index (χ1) is 7.22. The summed E-state index contributed by atoms with van der Waals surface area (Å²) in [5.41, 5.74) is 2.57. The Hall–Kier alpha value is -2.14. The summed E-state index contributed by atoms with van der Waals surface area (Å²) in [5.74, 6) is 4.56. The predicted octanol–water partition coefficient (Wildman–Crippen LogP) is 0.132. The molecular weight excluding hydrogens is 194 g/mol. The lowest BCUT2D eigenvalue weighted by Gasteiger charge is -2.03. The quantitative estimate of drug-likeness (QED) is 0.349. The molecule has 5 nitrogen and oxygen atoms in total. The molecule has 0 spiro atoms. The minimum Gasteiger partial charge on any atom is -0.322 e. The van der Waals surface area contributed by atoms with Gasteiger partial charge in [0, 0.05) is 17.0 Å². The number of carbonyl (C=O) groups is 1. The van der Waals surface area contributed by atoms with Gasteiger partial charge in [-0.25, -0.2) is 5.84 Å². The molecule has 0 saturated carbocycles. The molecule has 4 N–H and O–H groups in total. The number of para-hydroxylation sites is 1. The Balaban J connectivity index is 2.82. The molecule has 0 aliphatic carbocycles. The van der Waals surface area contributed by atoms with Crippen LogP contribution in [0.1, 0.15) is 10.4 Å². The lowest BCUT2D eigenvalue weighted by atomic mass is 10.1. The van der Waals surface area contributed by atoms with Crippen LogP contribution in [-0.4, -0.2) is 10.9 Å². The van der Waals surface area contributed by atoms with Gasteiger partial charge in [-0.2, -0.15) is 0 Å². The molecule has 0 aliphatic rings. The van der Waals surface area contributed by atoms with Gasteiger partial charge in [0.15, 0.2) is 0 Å². The first-order valence-corrected chi connectivity index (χ1v) is 4.35. The van der Waals surface area contributed by atoms with Crippen LogP contribution in [0.15, 0.2) is 35.1 Å². The number of pyridine rings is 1. The van der Waals surface area contributed by atoms with Crippen molar-refractivity contribution in [2.24, 2.45) is 5.84 Å². The van der Waals surface area contributed by atoms with Crippen LogP contribution in [0.4, 0.5) is 0 Å². The van der Waals surface area contributed by atoms with E-state index in [1.165, 1.54) is 6.07 Å². The van der Waals surface area contributed by atoms with Crippen molar-refractivity contribution in [3.63, 3.8) is 0 Å². The summed E-state index contributed by atoms with van der Waals surface area (Å²) in [6.45, 7) is 0. The SMILES string of the molecule is NNC(=O)c1cc(=O)[nH]c2ccccc12. The van der Waals surface area contributed by atoms with E-state index < -0.39 is 5.91 Å². The minimum atomic E-state index is -0.475. The van der Waals surface area contributed by atoms with Crippen LogP contribution in [0.2, 0.25) is 0 Å². The van der Waals surface area contributed by atoms with Crippen LogP contribution in [-0.2, 0) is 0 Å². The summed E-state index contributed by atoms with van der Waals surface area (Å²) in [4.78, 5) is 25.3. The van der Waals surface area contributed by atoms with Crippen molar-refractivity contribution in [3.8, 4) is 0 Å². The minimum absolute atomic E-state index is 0.275. The van der Waals surface area contributed by atoms with Crippen molar-refractivity contribution >= 4 is 16.8 Å². The number of benzene rings is 1. The van der Waals surface area contributed by atoms with Gasteiger partial charge in [0.1, 0.15) is 0 Å². The molecule has 0 unspecified atom stereocenters. The Morgan fingerprint density at radius 3 is 2.80 bits per heavy atom. The summed E-state index contributed by atoms with van der Waals surface area (Å²) in [7, 11) is 0. The van der Waals surface area contributed by atoms with E-state index in [1.54, 1.807) is 24.3 Å². The van der Waals surface area contributed by atoms with Crippen LogP contribution in [0.3, 0.4) is 0 Å². The number of nitrogens with one attached hydrogen (secondary N) is 2. The van der Waals surface area contributed by atoms with E-state index in [2.05, 4.69) is 4.98 Å².